The van der Waals surface area contributed by atoms with Crippen molar-refractivity contribution in [2.75, 3.05) is 14.2 Å². The topological polar surface area (TPSA) is 35.5 Å². The first-order chi connectivity index (χ1) is 6.56. The number of hydrogen-bond acceptors (Lipinski definition) is 3. The van der Waals surface area contributed by atoms with E-state index in [9.17, 15) is 4.79 Å². The molecule has 0 aliphatic carbocycles. The van der Waals surface area contributed by atoms with Crippen LogP contribution in [0.2, 0.25) is 0 Å². The van der Waals surface area contributed by atoms with E-state index in [4.69, 9.17) is 9.47 Å². The van der Waals surface area contributed by atoms with E-state index in [0.29, 0.717) is 17.1 Å². The van der Waals surface area contributed by atoms with Crippen LogP contribution in [0.5, 0.6) is 0 Å². The molecule has 0 aromatic carbocycles. The molecule has 0 radical (unpaired) electrons. The molecule has 0 bridgehead atoms. The number of methoxy groups -OCH3 is 2. The number of ether oxygens (including phenoxy) is 2. The third kappa shape index (κ3) is 3.47. The van der Waals surface area contributed by atoms with Crippen molar-refractivity contribution >= 4 is 5.78 Å². The Morgan fingerprint density at radius 2 is 1.86 bits per heavy atom. The number of allylic oxidation sites excluding steroid dienone is 3. The second-order valence-corrected chi connectivity index (χ2v) is 2.64. The van der Waals surface area contributed by atoms with Gasteiger partial charge in [0.15, 0.2) is 5.78 Å². The van der Waals surface area contributed by atoms with Crippen molar-refractivity contribution < 1.29 is 14.3 Å². The molecular weight excluding hydrogens is 180 g/mol. The molecule has 0 unspecified atom stereocenters. The maximum Gasteiger partial charge on any atom is 0.163 e. The average molecular weight is 196 g/mol. The minimum atomic E-state index is -0.0514. The summed E-state index contributed by atoms with van der Waals surface area (Å²) in [5.41, 5.74) is 0.519. The molecule has 0 aliphatic heterocycles. The van der Waals surface area contributed by atoms with E-state index in [1.54, 1.807) is 19.1 Å². The third-order valence-corrected chi connectivity index (χ3v) is 1.71. The summed E-state index contributed by atoms with van der Waals surface area (Å²) in [6, 6.07) is 0. The number of carbonyl (C=O) groups excluding carboxylic acids is 1. The van der Waals surface area contributed by atoms with Gasteiger partial charge in [0.2, 0.25) is 0 Å². The van der Waals surface area contributed by atoms with Crippen LogP contribution in [0.25, 0.3) is 0 Å². The monoisotopic (exact) mass is 196 g/mol. The number of carbonyl (C=O) groups is 1. The molecular formula is C11H16O3. The van der Waals surface area contributed by atoms with Gasteiger partial charge in [0, 0.05) is 6.08 Å². The molecule has 0 atom stereocenters. The van der Waals surface area contributed by atoms with Crippen molar-refractivity contribution in [3.8, 4) is 0 Å². The predicted octanol–water partition coefficient (Wildman–Crippen LogP) is 2.21. The lowest BCUT2D eigenvalue weighted by atomic mass is 10.1. The highest BCUT2D eigenvalue weighted by molar-refractivity contribution is 5.97. The summed E-state index contributed by atoms with van der Waals surface area (Å²) in [6.45, 7) is 6.88. The number of hydrogen-bond donors (Lipinski definition) is 0. The highest BCUT2D eigenvalue weighted by Crippen LogP contribution is 2.14. The second kappa shape index (κ2) is 6.02. The normalized spacial score (nSPS) is 12.3. The summed E-state index contributed by atoms with van der Waals surface area (Å²) in [5, 5.41) is 0. The summed E-state index contributed by atoms with van der Waals surface area (Å²) < 4.78 is 9.94. The molecule has 0 saturated carbocycles. The van der Waals surface area contributed by atoms with Gasteiger partial charge in [0.05, 0.1) is 19.8 Å². The van der Waals surface area contributed by atoms with Crippen LogP contribution < -0.4 is 0 Å². The van der Waals surface area contributed by atoms with Crippen molar-refractivity contribution in [3.63, 3.8) is 0 Å². The Hall–Kier alpha value is -1.51. The molecule has 3 heteroatoms. The fourth-order valence-electron chi connectivity index (χ4n) is 0.971. The molecule has 0 amide bonds. The molecule has 78 valence electrons. The molecule has 3 nitrogen and oxygen atoms in total. The smallest absolute Gasteiger partial charge is 0.163 e. The molecule has 0 rings (SSSR count). The minimum absolute atomic E-state index is 0.0514. The van der Waals surface area contributed by atoms with E-state index in [0.717, 1.165) is 0 Å². The van der Waals surface area contributed by atoms with Gasteiger partial charge in [-0.15, -0.1) is 0 Å². The summed E-state index contributed by atoms with van der Waals surface area (Å²) in [5.74, 6) is 0.860. The van der Waals surface area contributed by atoms with Crippen LogP contribution in [-0.2, 0) is 14.3 Å². The summed E-state index contributed by atoms with van der Waals surface area (Å²) in [4.78, 5) is 11.2. The Labute approximate surface area is 84.7 Å². The Balaban J connectivity index is 4.97. The Morgan fingerprint density at radius 3 is 2.14 bits per heavy atom. The van der Waals surface area contributed by atoms with Crippen LogP contribution in [0.15, 0.2) is 35.8 Å². The van der Waals surface area contributed by atoms with Gasteiger partial charge in [-0.05, 0) is 13.8 Å². The van der Waals surface area contributed by atoms with Crippen molar-refractivity contribution in [3.05, 3.63) is 35.8 Å². The zero-order valence-corrected chi connectivity index (χ0v) is 9.09. The van der Waals surface area contributed by atoms with Crippen LogP contribution in [0.1, 0.15) is 13.8 Å². The van der Waals surface area contributed by atoms with Crippen LogP contribution in [0.4, 0.5) is 0 Å². The van der Waals surface area contributed by atoms with Crippen LogP contribution in [-0.4, -0.2) is 20.0 Å². The molecule has 0 N–H and O–H groups in total. The van der Waals surface area contributed by atoms with E-state index in [2.05, 4.69) is 6.58 Å². The van der Waals surface area contributed by atoms with Gasteiger partial charge >= 0.3 is 0 Å². The first-order valence-electron chi connectivity index (χ1n) is 4.23. The summed E-state index contributed by atoms with van der Waals surface area (Å²) >= 11 is 0. The standard InChI is InChI=1S/C11H16O3/c1-6-10(9(3)12)11(14-5)7-8(2)13-4/h6-7H,2H2,1,3-5H3. The Morgan fingerprint density at radius 1 is 1.29 bits per heavy atom. The molecule has 0 spiro atoms. The van der Waals surface area contributed by atoms with Crippen molar-refractivity contribution in [1.29, 1.82) is 0 Å². The quantitative estimate of drug-likeness (QED) is 0.384. The number of Topliss-reactive ketones (excluding diaryl/α,β-unsaturated/α-hetero) is 1. The van der Waals surface area contributed by atoms with E-state index in [-0.39, 0.29) is 5.78 Å². The lowest BCUT2D eigenvalue weighted by Crippen LogP contribution is -2.02. The lowest BCUT2D eigenvalue weighted by Gasteiger charge is -2.08. The van der Waals surface area contributed by atoms with E-state index in [1.165, 1.54) is 21.1 Å². The third-order valence-electron chi connectivity index (χ3n) is 1.71. The first kappa shape index (κ1) is 12.5. The maximum absolute atomic E-state index is 11.2. The van der Waals surface area contributed by atoms with Gasteiger partial charge in [-0.1, -0.05) is 12.7 Å². The zero-order chi connectivity index (χ0) is 11.1. The van der Waals surface area contributed by atoms with Crippen LogP contribution >= 0.6 is 0 Å². The van der Waals surface area contributed by atoms with Gasteiger partial charge in [0.25, 0.3) is 0 Å². The highest BCUT2D eigenvalue weighted by Gasteiger charge is 2.09. The van der Waals surface area contributed by atoms with Crippen LogP contribution in [0, 0.1) is 0 Å². The van der Waals surface area contributed by atoms with Gasteiger partial charge in [-0.2, -0.15) is 0 Å². The first-order valence-corrected chi connectivity index (χ1v) is 4.23. The maximum atomic E-state index is 11.2. The average Bonchev–Trinajstić information content (AvgIpc) is 2.16. The molecule has 0 aromatic heterocycles. The fourth-order valence-corrected chi connectivity index (χ4v) is 0.971. The van der Waals surface area contributed by atoms with Crippen molar-refractivity contribution in [2.45, 2.75) is 13.8 Å². The summed E-state index contributed by atoms with van der Waals surface area (Å²) in [6.07, 6.45) is 3.28. The van der Waals surface area contributed by atoms with E-state index >= 15 is 0 Å². The van der Waals surface area contributed by atoms with E-state index < -0.39 is 0 Å². The van der Waals surface area contributed by atoms with E-state index in [1.807, 2.05) is 0 Å². The van der Waals surface area contributed by atoms with Gasteiger partial charge in [0.1, 0.15) is 11.5 Å². The zero-order valence-electron chi connectivity index (χ0n) is 9.09. The second-order valence-electron chi connectivity index (χ2n) is 2.64. The van der Waals surface area contributed by atoms with Gasteiger partial charge < -0.3 is 9.47 Å². The largest absolute Gasteiger partial charge is 0.497 e. The SMILES string of the molecule is C=C(C=C(OC)C(=CC)C(C)=O)OC. The van der Waals surface area contributed by atoms with Gasteiger partial charge in [-0.3, -0.25) is 4.79 Å². The molecule has 0 saturated heterocycles. The van der Waals surface area contributed by atoms with Crippen molar-refractivity contribution in [1.82, 2.24) is 0 Å². The molecule has 0 aromatic rings. The highest BCUT2D eigenvalue weighted by atomic mass is 16.5. The van der Waals surface area contributed by atoms with Crippen molar-refractivity contribution in [2.24, 2.45) is 0 Å². The fraction of sp³-hybridized carbons (Fsp3) is 0.364. The number of ketones is 1. The number of rotatable bonds is 5. The van der Waals surface area contributed by atoms with Crippen LogP contribution in [0.3, 0.4) is 0 Å². The lowest BCUT2D eigenvalue weighted by molar-refractivity contribution is -0.113. The Bertz CT molecular complexity index is 285. The summed E-state index contributed by atoms with van der Waals surface area (Å²) in [7, 11) is 3.01. The molecule has 0 aliphatic rings. The van der Waals surface area contributed by atoms with Gasteiger partial charge in [-0.25, -0.2) is 0 Å². The molecule has 0 heterocycles. The molecule has 14 heavy (non-hydrogen) atoms. The Kier molecular flexibility index (Phi) is 5.37. The minimum Gasteiger partial charge on any atom is -0.497 e. The molecule has 0 fully saturated rings. The predicted molar refractivity (Wildman–Crippen MR) is 55.7 cm³/mol.